The summed E-state index contributed by atoms with van der Waals surface area (Å²) in [4.78, 5) is 30.1. The number of nitrogens with zero attached hydrogens (tertiary/aromatic N) is 2. The molecule has 2 amide bonds. The van der Waals surface area contributed by atoms with E-state index in [0.717, 1.165) is 44.0 Å². The lowest BCUT2D eigenvalue weighted by Crippen LogP contribution is -2.48. The zero-order valence-corrected chi connectivity index (χ0v) is 16.0. The predicted octanol–water partition coefficient (Wildman–Crippen LogP) is 3.41. The number of rotatable bonds is 2. The second kappa shape index (κ2) is 6.80. The molecule has 3 aliphatic heterocycles. The van der Waals surface area contributed by atoms with Gasteiger partial charge >= 0.3 is 0 Å². The summed E-state index contributed by atoms with van der Waals surface area (Å²) in [6, 6.07) is 11.2. The van der Waals surface area contributed by atoms with Crippen LogP contribution in [0.5, 0.6) is 5.75 Å². The third-order valence-electron chi connectivity index (χ3n) is 6.87. The molecule has 5 nitrogen and oxygen atoms in total. The number of benzene rings is 2. The molecule has 6 rings (SSSR count). The average Bonchev–Trinajstić information content (AvgIpc) is 2.99. The largest absolute Gasteiger partial charge is 0.506 e. The van der Waals surface area contributed by atoms with Gasteiger partial charge in [-0.3, -0.25) is 9.59 Å². The summed E-state index contributed by atoms with van der Waals surface area (Å²) >= 11 is 0. The Hall–Kier alpha value is -2.56. The Morgan fingerprint density at radius 3 is 2.54 bits per heavy atom. The summed E-state index contributed by atoms with van der Waals surface area (Å²) in [5.74, 6) is 0.757. The molecular weight excluding hydrogens is 352 g/mol. The monoisotopic (exact) mass is 378 g/mol. The van der Waals surface area contributed by atoms with E-state index in [4.69, 9.17) is 0 Å². The number of hydrogen-bond acceptors (Lipinski definition) is 3. The zero-order valence-electron chi connectivity index (χ0n) is 16.0. The lowest BCUT2D eigenvalue weighted by molar-refractivity contribution is -0.138. The highest BCUT2D eigenvalue weighted by molar-refractivity contribution is 6.03. The van der Waals surface area contributed by atoms with E-state index in [9.17, 15) is 14.7 Å². The van der Waals surface area contributed by atoms with Gasteiger partial charge in [-0.15, -0.1) is 0 Å². The number of phenolic OH excluding ortho intramolecular Hbond substituents is 1. The highest BCUT2D eigenvalue weighted by Gasteiger charge is 2.41. The Labute approximate surface area is 164 Å². The van der Waals surface area contributed by atoms with Gasteiger partial charge < -0.3 is 14.9 Å². The number of piperidine rings is 1. The maximum atomic E-state index is 13.3. The van der Waals surface area contributed by atoms with Crippen molar-refractivity contribution >= 4 is 22.6 Å². The fourth-order valence-corrected chi connectivity index (χ4v) is 5.01. The lowest BCUT2D eigenvalue weighted by atomic mass is 9.84. The molecule has 2 atom stereocenters. The van der Waals surface area contributed by atoms with Crippen molar-refractivity contribution in [2.45, 2.75) is 38.1 Å². The minimum Gasteiger partial charge on any atom is -0.506 e. The molecule has 3 saturated heterocycles. The van der Waals surface area contributed by atoms with Gasteiger partial charge in [0.2, 0.25) is 5.91 Å². The molecule has 0 spiro atoms. The molecular formula is C23H26N2O3. The van der Waals surface area contributed by atoms with Crippen molar-refractivity contribution < 1.29 is 14.7 Å². The van der Waals surface area contributed by atoms with E-state index >= 15 is 0 Å². The Morgan fingerprint density at radius 2 is 1.75 bits per heavy atom. The van der Waals surface area contributed by atoms with Crippen LogP contribution in [0.4, 0.5) is 0 Å². The molecule has 1 N–H and O–H groups in total. The van der Waals surface area contributed by atoms with Crippen LogP contribution in [0.15, 0.2) is 36.4 Å². The number of carbonyl (C=O) groups excluding carboxylic acids is 2. The highest BCUT2D eigenvalue weighted by atomic mass is 16.3. The molecule has 0 radical (unpaired) electrons. The standard InChI is InChI=1S/C23H26N2O3/c26-21-19-7-2-1-4-16(19)9-11-20(21)23(28)25-13-15-8-10-18(25)14-24(12-15)22(27)17-5-3-6-17/h1-2,4,7,9,11,15,17-18,26H,3,5-6,8,10,12-14H2/t15-,18+/m0/s1. The molecule has 28 heavy (non-hydrogen) atoms. The first-order valence-corrected chi connectivity index (χ1v) is 10.4. The van der Waals surface area contributed by atoms with Crippen molar-refractivity contribution in [2.24, 2.45) is 11.8 Å². The van der Waals surface area contributed by atoms with Crippen LogP contribution in [0.3, 0.4) is 0 Å². The summed E-state index contributed by atoms with van der Waals surface area (Å²) in [6.45, 7) is 2.06. The molecule has 0 unspecified atom stereocenters. The van der Waals surface area contributed by atoms with Crippen LogP contribution in [0.25, 0.3) is 10.8 Å². The first kappa shape index (κ1) is 17.5. The topological polar surface area (TPSA) is 60.9 Å². The van der Waals surface area contributed by atoms with E-state index in [1.807, 2.05) is 40.1 Å². The quantitative estimate of drug-likeness (QED) is 0.871. The maximum Gasteiger partial charge on any atom is 0.257 e. The number of amides is 2. The third kappa shape index (κ3) is 2.84. The van der Waals surface area contributed by atoms with E-state index < -0.39 is 0 Å². The van der Waals surface area contributed by atoms with Crippen LogP contribution in [0, 0.1) is 11.8 Å². The lowest BCUT2D eigenvalue weighted by Gasteiger charge is -2.36. The molecule has 4 fully saturated rings. The van der Waals surface area contributed by atoms with Gasteiger partial charge in [0.1, 0.15) is 5.75 Å². The summed E-state index contributed by atoms with van der Waals surface area (Å²) in [6.07, 6.45) is 5.17. The van der Waals surface area contributed by atoms with Crippen molar-refractivity contribution in [1.29, 1.82) is 0 Å². The number of aromatic hydroxyl groups is 1. The average molecular weight is 378 g/mol. The smallest absolute Gasteiger partial charge is 0.257 e. The van der Waals surface area contributed by atoms with E-state index in [1.54, 1.807) is 6.07 Å². The predicted molar refractivity (Wildman–Crippen MR) is 107 cm³/mol. The second-order valence-corrected chi connectivity index (χ2v) is 8.61. The number of fused-ring (bicyclic) bond motifs is 5. The van der Waals surface area contributed by atoms with Crippen LogP contribution in [-0.4, -0.2) is 52.4 Å². The molecule has 2 aromatic carbocycles. The summed E-state index contributed by atoms with van der Waals surface area (Å²) < 4.78 is 0. The second-order valence-electron chi connectivity index (χ2n) is 8.61. The van der Waals surface area contributed by atoms with Gasteiger partial charge in [-0.2, -0.15) is 0 Å². The molecule has 3 heterocycles. The molecule has 1 saturated carbocycles. The maximum absolute atomic E-state index is 13.3. The fraction of sp³-hybridized carbons (Fsp3) is 0.478. The Bertz CT molecular complexity index is 937. The third-order valence-corrected chi connectivity index (χ3v) is 6.87. The normalized spacial score (nSPS) is 24.9. The highest BCUT2D eigenvalue weighted by Crippen LogP contribution is 2.35. The molecule has 4 aliphatic rings. The molecule has 1 aliphatic carbocycles. The van der Waals surface area contributed by atoms with Gasteiger partial charge in [0, 0.05) is 37.0 Å². The Morgan fingerprint density at radius 1 is 0.929 bits per heavy atom. The summed E-state index contributed by atoms with van der Waals surface area (Å²) in [5.41, 5.74) is 0.364. The summed E-state index contributed by atoms with van der Waals surface area (Å²) in [5, 5.41) is 12.4. The molecule has 2 aromatic rings. The molecule has 5 heteroatoms. The number of phenols is 1. The van der Waals surface area contributed by atoms with Gasteiger partial charge in [0.15, 0.2) is 0 Å². The minimum atomic E-state index is -0.115. The van der Waals surface area contributed by atoms with Gasteiger partial charge in [-0.05, 0) is 43.1 Å². The van der Waals surface area contributed by atoms with Crippen LogP contribution < -0.4 is 0 Å². The van der Waals surface area contributed by atoms with Gasteiger partial charge in [0.25, 0.3) is 5.91 Å². The van der Waals surface area contributed by atoms with Gasteiger partial charge in [-0.25, -0.2) is 0 Å². The van der Waals surface area contributed by atoms with Crippen molar-refractivity contribution in [3.63, 3.8) is 0 Å². The van der Waals surface area contributed by atoms with E-state index in [0.29, 0.717) is 30.0 Å². The van der Waals surface area contributed by atoms with Crippen LogP contribution in [-0.2, 0) is 4.79 Å². The van der Waals surface area contributed by atoms with Crippen molar-refractivity contribution in [3.05, 3.63) is 42.0 Å². The number of carbonyl (C=O) groups is 2. The van der Waals surface area contributed by atoms with Crippen LogP contribution >= 0.6 is 0 Å². The van der Waals surface area contributed by atoms with Crippen molar-refractivity contribution in [1.82, 2.24) is 9.80 Å². The van der Waals surface area contributed by atoms with E-state index in [1.165, 1.54) is 0 Å². The van der Waals surface area contributed by atoms with Gasteiger partial charge in [0.05, 0.1) is 5.56 Å². The fourth-order valence-electron chi connectivity index (χ4n) is 5.01. The zero-order chi connectivity index (χ0) is 19.3. The molecule has 2 bridgehead atoms. The first-order valence-electron chi connectivity index (χ1n) is 10.4. The Kier molecular flexibility index (Phi) is 4.26. The Balaban J connectivity index is 1.41. The van der Waals surface area contributed by atoms with Crippen molar-refractivity contribution in [2.75, 3.05) is 19.6 Å². The minimum absolute atomic E-state index is 0.0427. The van der Waals surface area contributed by atoms with Gasteiger partial charge in [-0.1, -0.05) is 36.8 Å². The van der Waals surface area contributed by atoms with E-state index in [2.05, 4.69) is 0 Å². The SMILES string of the molecule is O=C(C1CCC1)N1C[C@@H]2CC[C@H](C1)N(C(=O)c1ccc3ccccc3c1O)C2. The molecule has 0 aromatic heterocycles. The van der Waals surface area contributed by atoms with Crippen molar-refractivity contribution in [3.8, 4) is 5.75 Å². The molecule has 146 valence electrons. The summed E-state index contributed by atoms with van der Waals surface area (Å²) in [7, 11) is 0. The first-order chi connectivity index (χ1) is 13.6. The van der Waals surface area contributed by atoms with Crippen LogP contribution in [0.2, 0.25) is 0 Å². The number of hydrogen-bond donors (Lipinski definition) is 1. The van der Waals surface area contributed by atoms with E-state index in [-0.39, 0.29) is 29.5 Å². The van der Waals surface area contributed by atoms with Crippen LogP contribution in [0.1, 0.15) is 42.5 Å².